The number of imide groups is 2. The molecule has 110 valence electrons. The van der Waals surface area contributed by atoms with Crippen LogP contribution in [0.2, 0.25) is 0 Å². The molecule has 1 spiro atoms. The van der Waals surface area contributed by atoms with Crippen LogP contribution in [0.1, 0.15) is 19.3 Å². The van der Waals surface area contributed by atoms with Crippen LogP contribution in [0, 0.1) is 5.41 Å². The third-order valence-corrected chi connectivity index (χ3v) is 4.30. The van der Waals surface area contributed by atoms with Crippen molar-refractivity contribution in [3.63, 3.8) is 0 Å². The van der Waals surface area contributed by atoms with Crippen molar-refractivity contribution in [3.8, 4) is 0 Å². The highest BCUT2D eigenvalue weighted by Gasteiger charge is 2.57. The highest BCUT2D eigenvalue weighted by atomic mass is 16.2. The molecule has 2 fully saturated rings. The summed E-state index contributed by atoms with van der Waals surface area (Å²) in [6, 6.07) is 6.43. The number of nitrogens with zero attached hydrogens (tertiary/aromatic N) is 2. The number of hydrogen-bond acceptors (Lipinski definition) is 4. The maximum absolute atomic E-state index is 12.6. The standard InChI is InChI=1S/C15H17N3O3/c1-17(2)10-4-6-11(7-5-10)18-13(20)15(8-3-9-15)12(19)16-14(18)21/h4-7H,3,8-9H2,1-2H3,(H,16,19,21). The Morgan fingerprint density at radius 3 is 2.19 bits per heavy atom. The van der Waals surface area contributed by atoms with E-state index < -0.39 is 23.3 Å². The smallest absolute Gasteiger partial charge is 0.335 e. The van der Waals surface area contributed by atoms with Crippen LogP contribution in [-0.4, -0.2) is 31.9 Å². The Morgan fingerprint density at radius 2 is 1.71 bits per heavy atom. The minimum Gasteiger partial charge on any atom is -0.378 e. The van der Waals surface area contributed by atoms with Gasteiger partial charge in [-0.3, -0.25) is 14.9 Å². The van der Waals surface area contributed by atoms with Gasteiger partial charge in [0.25, 0.3) is 5.91 Å². The zero-order chi connectivity index (χ0) is 15.2. The van der Waals surface area contributed by atoms with Crippen LogP contribution in [0.4, 0.5) is 16.2 Å². The van der Waals surface area contributed by atoms with Gasteiger partial charge in [-0.1, -0.05) is 6.42 Å². The van der Waals surface area contributed by atoms with Crippen molar-refractivity contribution in [3.05, 3.63) is 24.3 Å². The first-order valence-electron chi connectivity index (χ1n) is 6.93. The monoisotopic (exact) mass is 287 g/mol. The molecular formula is C15H17N3O3. The molecule has 1 aliphatic heterocycles. The second-order valence-electron chi connectivity index (χ2n) is 5.75. The lowest BCUT2D eigenvalue weighted by molar-refractivity contribution is -0.148. The molecule has 0 atom stereocenters. The Morgan fingerprint density at radius 1 is 1.10 bits per heavy atom. The van der Waals surface area contributed by atoms with Crippen molar-refractivity contribution < 1.29 is 14.4 Å². The van der Waals surface area contributed by atoms with Crippen molar-refractivity contribution in [1.29, 1.82) is 0 Å². The van der Waals surface area contributed by atoms with Gasteiger partial charge in [0.2, 0.25) is 5.91 Å². The molecule has 6 heteroatoms. The van der Waals surface area contributed by atoms with E-state index in [0.29, 0.717) is 18.5 Å². The number of carbonyl (C=O) groups excluding carboxylic acids is 3. The van der Waals surface area contributed by atoms with Crippen molar-refractivity contribution in [2.24, 2.45) is 5.41 Å². The third-order valence-electron chi connectivity index (χ3n) is 4.30. The normalized spacial score (nSPS) is 20.3. The Hall–Kier alpha value is -2.37. The lowest BCUT2D eigenvalue weighted by atomic mass is 9.66. The van der Waals surface area contributed by atoms with Gasteiger partial charge in [0, 0.05) is 19.8 Å². The first-order valence-corrected chi connectivity index (χ1v) is 6.93. The summed E-state index contributed by atoms with van der Waals surface area (Å²) in [5, 5.41) is 2.31. The first-order chi connectivity index (χ1) is 9.95. The molecule has 1 saturated heterocycles. The summed E-state index contributed by atoms with van der Waals surface area (Å²) < 4.78 is 0. The summed E-state index contributed by atoms with van der Waals surface area (Å²) in [7, 11) is 3.82. The molecule has 3 rings (SSSR count). The molecule has 6 nitrogen and oxygen atoms in total. The van der Waals surface area contributed by atoms with Gasteiger partial charge in [-0.05, 0) is 37.1 Å². The summed E-state index contributed by atoms with van der Waals surface area (Å²) in [6.45, 7) is 0. The average Bonchev–Trinajstić information content (AvgIpc) is 2.37. The molecule has 1 heterocycles. The van der Waals surface area contributed by atoms with E-state index in [0.717, 1.165) is 17.0 Å². The lowest BCUT2D eigenvalue weighted by Gasteiger charge is -2.44. The van der Waals surface area contributed by atoms with Gasteiger partial charge < -0.3 is 4.90 Å². The van der Waals surface area contributed by atoms with Gasteiger partial charge in [-0.15, -0.1) is 0 Å². The second kappa shape index (κ2) is 4.58. The SMILES string of the molecule is CN(C)c1ccc(N2C(=O)NC(=O)C3(CCC3)C2=O)cc1. The Labute approximate surface area is 122 Å². The minimum atomic E-state index is -1.03. The molecule has 0 radical (unpaired) electrons. The number of urea groups is 1. The highest BCUT2D eigenvalue weighted by Crippen LogP contribution is 2.45. The van der Waals surface area contributed by atoms with E-state index in [4.69, 9.17) is 0 Å². The van der Waals surface area contributed by atoms with Gasteiger partial charge in [0.15, 0.2) is 0 Å². The van der Waals surface area contributed by atoms with Crippen LogP contribution in [0.25, 0.3) is 0 Å². The van der Waals surface area contributed by atoms with Crippen LogP contribution in [0.15, 0.2) is 24.3 Å². The molecule has 1 N–H and O–H groups in total. The molecule has 1 aliphatic carbocycles. The number of anilines is 2. The predicted molar refractivity (Wildman–Crippen MR) is 78.1 cm³/mol. The van der Waals surface area contributed by atoms with Crippen LogP contribution in [0.5, 0.6) is 0 Å². The van der Waals surface area contributed by atoms with Crippen LogP contribution in [0.3, 0.4) is 0 Å². The van der Waals surface area contributed by atoms with Crippen molar-refractivity contribution >= 4 is 29.2 Å². The minimum absolute atomic E-state index is 0.403. The van der Waals surface area contributed by atoms with Crippen molar-refractivity contribution in [2.45, 2.75) is 19.3 Å². The fourth-order valence-electron chi connectivity index (χ4n) is 2.78. The molecule has 2 aliphatic rings. The molecule has 0 bridgehead atoms. The lowest BCUT2D eigenvalue weighted by Crippen LogP contribution is -2.66. The number of hydrogen-bond donors (Lipinski definition) is 1. The predicted octanol–water partition coefficient (Wildman–Crippen LogP) is 1.51. The van der Waals surface area contributed by atoms with Gasteiger partial charge in [0.05, 0.1) is 5.69 Å². The highest BCUT2D eigenvalue weighted by molar-refractivity contribution is 6.30. The summed E-state index contributed by atoms with van der Waals surface area (Å²) in [6.07, 6.45) is 1.86. The first kappa shape index (κ1) is 13.6. The van der Waals surface area contributed by atoms with E-state index in [1.165, 1.54) is 0 Å². The number of benzene rings is 1. The van der Waals surface area contributed by atoms with Gasteiger partial charge in [-0.2, -0.15) is 0 Å². The summed E-state index contributed by atoms with van der Waals surface area (Å²) in [5.41, 5.74) is 0.425. The van der Waals surface area contributed by atoms with E-state index in [1.54, 1.807) is 12.1 Å². The van der Waals surface area contributed by atoms with E-state index in [9.17, 15) is 14.4 Å². The zero-order valence-electron chi connectivity index (χ0n) is 12.0. The van der Waals surface area contributed by atoms with E-state index in [-0.39, 0.29) is 0 Å². The average molecular weight is 287 g/mol. The van der Waals surface area contributed by atoms with E-state index in [1.807, 2.05) is 31.1 Å². The maximum Gasteiger partial charge on any atom is 0.335 e. The summed E-state index contributed by atoms with van der Waals surface area (Å²) in [4.78, 5) is 39.6. The third kappa shape index (κ3) is 1.90. The number of amides is 4. The summed E-state index contributed by atoms with van der Waals surface area (Å²) >= 11 is 0. The Balaban J connectivity index is 1.94. The number of carbonyl (C=O) groups is 3. The molecule has 0 unspecified atom stereocenters. The Bertz CT molecular complexity index is 618. The fraction of sp³-hybridized carbons (Fsp3) is 0.400. The van der Waals surface area contributed by atoms with Gasteiger partial charge >= 0.3 is 6.03 Å². The number of barbiturate groups is 1. The maximum atomic E-state index is 12.6. The van der Waals surface area contributed by atoms with Crippen molar-refractivity contribution in [2.75, 3.05) is 23.9 Å². The van der Waals surface area contributed by atoms with E-state index >= 15 is 0 Å². The number of nitrogens with one attached hydrogen (secondary N) is 1. The topological polar surface area (TPSA) is 69.7 Å². The molecular weight excluding hydrogens is 270 g/mol. The van der Waals surface area contributed by atoms with Crippen LogP contribution in [-0.2, 0) is 9.59 Å². The molecule has 1 aromatic rings. The molecule has 0 aromatic heterocycles. The van der Waals surface area contributed by atoms with Crippen LogP contribution < -0.4 is 15.1 Å². The molecule has 4 amide bonds. The second-order valence-corrected chi connectivity index (χ2v) is 5.75. The molecule has 1 saturated carbocycles. The van der Waals surface area contributed by atoms with Gasteiger partial charge in [0.1, 0.15) is 5.41 Å². The fourth-order valence-corrected chi connectivity index (χ4v) is 2.78. The molecule has 21 heavy (non-hydrogen) atoms. The van der Waals surface area contributed by atoms with E-state index in [2.05, 4.69) is 5.32 Å². The van der Waals surface area contributed by atoms with Crippen molar-refractivity contribution in [1.82, 2.24) is 5.32 Å². The zero-order valence-corrected chi connectivity index (χ0v) is 12.0. The van der Waals surface area contributed by atoms with Gasteiger partial charge in [-0.25, -0.2) is 9.69 Å². The summed E-state index contributed by atoms with van der Waals surface area (Å²) in [5.74, 6) is -0.856. The number of rotatable bonds is 2. The Kier molecular flexibility index (Phi) is 2.97. The quantitative estimate of drug-likeness (QED) is 0.837. The largest absolute Gasteiger partial charge is 0.378 e. The van der Waals surface area contributed by atoms with Crippen LogP contribution >= 0.6 is 0 Å². The molecule has 1 aromatic carbocycles.